The number of anilines is 2. The number of rotatable bonds is 8. The van der Waals surface area contributed by atoms with E-state index in [1.165, 1.54) is 0 Å². The third kappa shape index (κ3) is 5.44. The summed E-state index contributed by atoms with van der Waals surface area (Å²) >= 11 is 1.12. The number of pyridine rings is 1. The number of ether oxygens (including phenoxy) is 1. The molecule has 5 rings (SSSR count). The van der Waals surface area contributed by atoms with Gasteiger partial charge in [-0.3, -0.25) is 4.79 Å². The second-order valence-corrected chi connectivity index (χ2v) is 9.83. The van der Waals surface area contributed by atoms with Crippen LogP contribution in [0.5, 0.6) is 0 Å². The number of thiazole rings is 1. The predicted octanol–water partition coefficient (Wildman–Crippen LogP) is 3.71. The molecule has 0 radical (unpaired) electrons. The Morgan fingerprint density at radius 3 is 2.89 bits per heavy atom. The number of amides is 1. The van der Waals surface area contributed by atoms with Gasteiger partial charge in [0.05, 0.1) is 18.3 Å². The number of aryl methyl sites for hydroxylation is 2. The second-order valence-electron chi connectivity index (χ2n) is 8.83. The Morgan fingerprint density at radius 2 is 2.11 bits per heavy atom. The van der Waals surface area contributed by atoms with Crippen molar-refractivity contribution in [1.82, 2.24) is 25.4 Å². The van der Waals surface area contributed by atoms with Crippen LogP contribution < -0.4 is 16.0 Å². The third-order valence-corrected chi connectivity index (χ3v) is 7.04. The fraction of sp³-hybridized carbons (Fsp3) is 0.360. The van der Waals surface area contributed by atoms with Crippen LogP contribution in [0.4, 0.5) is 10.9 Å². The van der Waals surface area contributed by atoms with Crippen LogP contribution in [0, 0.1) is 13.8 Å². The van der Waals surface area contributed by atoms with E-state index in [-0.39, 0.29) is 11.9 Å². The van der Waals surface area contributed by atoms with Crippen molar-refractivity contribution < 1.29 is 18.8 Å². The first-order valence-corrected chi connectivity index (χ1v) is 12.9. The number of carbonyl (C=O) groups is 2. The van der Waals surface area contributed by atoms with E-state index in [0.717, 1.165) is 39.9 Å². The van der Waals surface area contributed by atoms with Crippen LogP contribution in [0.2, 0.25) is 0 Å². The van der Waals surface area contributed by atoms with Crippen molar-refractivity contribution >= 4 is 44.9 Å². The van der Waals surface area contributed by atoms with E-state index in [9.17, 15) is 9.59 Å². The number of hydrogen-bond acceptors (Lipinski definition) is 11. The van der Waals surface area contributed by atoms with E-state index in [2.05, 4.69) is 36.1 Å². The summed E-state index contributed by atoms with van der Waals surface area (Å²) in [7, 11) is 0. The van der Waals surface area contributed by atoms with Crippen molar-refractivity contribution in [2.75, 3.05) is 23.8 Å². The summed E-state index contributed by atoms with van der Waals surface area (Å²) in [6.45, 7) is 6.35. The molecule has 0 spiro atoms. The van der Waals surface area contributed by atoms with Crippen LogP contribution in [0.1, 0.15) is 41.0 Å². The predicted molar refractivity (Wildman–Crippen MR) is 140 cm³/mol. The van der Waals surface area contributed by atoms with Gasteiger partial charge in [-0.2, -0.15) is 4.98 Å². The Hall–Kier alpha value is -3.90. The maximum Gasteiger partial charge on any atom is 0.350 e. The van der Waals surface area contributed by atoms with Gasteiger partial charge in [0.1, 0.15) is 10.7 Å². The number of carbonyl (C=O) groups excluding carboxylic acids is 2. The van der Waals surface area contributed by atoms with Crippen molar-refractivity contribution in [3.63, 3.8) is 0 Å². The van der Waals surface area contributed by atoms with Gasteiger partial charge in [-0.25, -0.2) is 14.8 Å². The Kier molecular flexibility index (Phi) is 7.10. The minimum Gasteiger partial charge on any atom is -0.461 e. The molecule has 1 fully saturated rings. The standard InChI is InChI=1S/C25H27N7O4S/c1-4-9-35-24(34)20-13(2)28-25(37-20)31-23(33)19-11-17(12-27-19)30-22-18-10-16(21-29-14(3)36-32-21)6-5-15(18)7-8-26-22/h5-8,10,17,19,27H,4,9,11-12H2,1-3H3,(H,26,30)(H,28,31,33). The Labute approximate surface area is 217 Å². The van der Waals surface area contributed by atoms with Crippen LogP contribution in [-0.4, -0.2) is 57.2 Å². The highest BCUT2D eigenvalue weighted by Gasteiger charge is 2.31. The molecule has 1 aromatic carbocycles. The lowest BCUT2D eigenvalue weighted by Gasteiger charge is -2.15. The van der Waals surface area contributed by atoms with Gasteiger partial charge in [0.25, 0.3) is 0 Å². The molecule has 3 aromatic heterocycles. The molecule has 0 saturated carbocycles. The number of hydrogen-bond donors (Lipinski definition) is 3. The highest BCUT2D eigenvalue weighted by Crippen LogP contribution is 2.28. The summed E-state index contributed by atoms with van der Waals surface area (Å²) in [4.78, 5) is 38.7. The van der Waals surface area contributed by atoms with Crippen molar-refractivity contribution in [3.05, 3.63) is 46.9 Å². The largest absolute Gasteiger partial charge is 0.461 e. The van der Waals surface area contributed by atoms with Gasteiger partial charge in [-0.05, 0) is 37.3 Å². The maximum atomic E-state index is 12.9. The average Bonchev–Trinajstić information content (AvgIpc) is 3.63. The molecule has 1 amide bonds. The quantitative estimate of drug-likeness (QED) is 0.294. The lowest BCUT2D eigenvalue weighted by Crippen LogP contribution is -2.35. The Bertz CT molecular complexity index is 1450. The molecule has 4 aromatic rings. The number of nitrogens with zero attached hydrogens (tertiary/aromatic N) is 4. The molecule has 1 aliphatic rings. The third-order valence-electron chi connectivity index (χ3n) is 5.99. The van der Waals surface area contributed by atoms with Crippen LogP contribution in [0.3, 0.4) is 0 Å². The number of nitrogens with one attached hydrogen (secondary N) is 3. The van der Waals surface area contributed by atoms with Gasteiger partial charge in [-0.15, -0.1) is 0 Å². The van der Waals surface area contributed by atoms with Gasteiger partial charge in [0, 0.05) is 36.7 Å². The molecule has 11 nitrogen and oxygen atoms in total. The van der Waals surface area contributed by atoms with E-state index in [4.69, 9.17) is 9.26 Å². The lowest BCUT2D eigenvalue weighted by molar-refractivity contribution is -0.117. The first kappa shape index (κ1) is 24.8. The molecule has 4 heterocycles. The van der Waals surface area contributed by atoms with E-state index in [1.54, 1.807) is 20.0 Å². The van der Waals surface area contributed by atoms with E-state index in [0.29, 0.717) is 47.0 Å². The molecule has 192 valence electrons. The molecule has 37 heavy (non-hydrogen) atoms. The van der Waals surface area contributed by atoms with Crippen molar-refractivity contribution in [2.45, 2.75) is 45.7 Å². The number of fused-ring (bicyclic) bond motifs is 1. The minimum absolute atomic E-state index is 0.0115. The lowest BCUT2D eigenvalue weighted by atomic mass is 10.1. The first-order valence-electron chi connectivity index (χ1n) is 12.1. The molecule has 0 aliphatic carbocycles. The molecular formula is C25H27N7O4S. The van der Waals surface area contributed by atoms with Crippen LogP contribution in [-0.2, 0) is 9.53 Å². The number of benzene rings is 1. The monoisotopic (exact) mass is 521 g/mol. The summed E-state index contributed by atoms with van der Waals surface area (Å²) in [5.74, 6) is 1.13. The van der Waals surface area contributed by atoms with E-state index in [1.807, 2.05) is 31.2 Å². The normalized spacial score (nSPS) is 17.2. The summed E-state index contributed by atoms with van der Waals surface area (Å²) in [5, 5.41) is 15.9. The molecule has 1 saturated heterocycles. The van der Waals surface area contributed by atoms with E-state index >= 15 is 0 Å². The summed E-state index contributed by atoms with van der Waals surface area (Å²) in [5.41, 5.74) is 1.37. The number of esters is 1. The molecular weight excluding hydrogens is 494 g/mol. The second kappa shape index (κ2) is 10.6. The van der Waals surface area contributed by atoms with Gasteiger partial charge in [0.15, 0.2) is 5.13 Å². The highest BCUT2D eigenvalue weighted by molar-refractivity contribution is 7.17. The minimum atomic E-state index is -0.416. The van der Waals surface area contributed by atoms with E-state index < -0.39 is 12.0 Å². The fourth-order valence-electron chi connectivity index (χ4n) is 4.17. The zero-order valence-electron chi connectivity index (χ0n) is 20.7. The van der Waals surface area contributed by atoms with Crippen LogP contribution in [0.25, 0.3) is 22.2 Å². The molecule has 0 bridgehead atoms. The Morgan fingerprint density at radius 1 is 1.24 bits per heavy atom. The summed E-state index contributed by atoms with van der Waals surface area (Å²) < 4.78 is 10.3. The van der Waals surface area contributed by atoms with Crippen LogP contribution in [0.15, 0.2) is 35.0 Å². The van der Waals surface area contributed by atoms with Gasteiger partial charge in [0.2, 0.25) is 17.6 Å². The van der Waals surface area contributed by atoms with Gasteiger partial charge < -0.3 is 25.2 Å². The smallest absolute Gasteiger partial charge is 0.350 e. The SMILES string of the molecule is CCCOC(=O)c1sc(NC(=O)C2CC(Nc3nccc4ccc(-c5noc(C)n5)cc34)CN2)nc1C. The summed E-state index contributed by atoms with van der Waals surface area (Å²) in [6, 6.07) is 7.44. The summed E-state index contributed by atoms with van der Waals surface area (Å²) in [6.07, 6.45) is 3.05. The molecule has 2 unspecified atom stereocenters. The van der Waals surface area contributed by atoms with Gasteiger partial charge in [-0.1, -0.05) is 35.5 Å². The van der Waals surface area contributed by atoms with Crippen LogP contribution >= 0.6 is 11.3 Å². The Balaban J connectivity index is 1.24. The molecule has 2 atom stereocenters. The zero-order valence-corrected chi connectivity index (χ0v) is 21.5. The fourth-order valence-corrected chi connectivity index (χ4v) is 5.03. The highest BCUT2D eigenvalue weighted by atomic mass is 32.1. The molecule has 1 aliphatic heterocycles. The first-order chi connectivity index (χ1) is 17.9. The van der Waals surface area contributed by atoms with Crippen molar-refractivity contribution in [3.8, 4) is 11.4 Å². The van der Waals surface area contributed by atoms with Crippen molar-refractivity contribution in [2.24, 2.45) is 0 Å². The molecule has 12 heteroatoms. The average molecular weight is 522 g/mol. The molecule has 3 N–H and O–H groups in total. The topological polar surface area (TPSA) is 144 Å². The maximum absolute atomic E-state index is 12.9. The van der Waals surface area contributed by atoms with Crippen molar-refractivity contribution in [1.29, 1.82) is 0 Å². The number of aromatic nitrogens is 4. The zero-order chi connectivity index (χ0) is 25.9. The van der Waals surface area contributed by atoms with Gasteiger partial charge >= 0.3 is 5.97 Å².